The minimum absolute atomic E-state index is 0.0416. The predicted molar refractivity (Wildman–Crippen MR) is 57.1 cm³/mol. The van der Waals surface area contributed by atoms with E-state index in [1.807, 2.05) is 27.7 Å². The van der Waals surface area contributed by atoms with Crippen LogP contribution in [-0.4, -0.2) is 18.0 Å². The molecular weight excluding hydrogens is 176 g/mol. The fourth-order valence-corrected chi connectivity index (χ4v) is 2.14. The molecule has 1 aliphatic rings. The Balaban J connectivity index is 2.77. The van der Waals surface area contributed by atoms with Gasteiger partial charge in [0.1, 0.15) is 0 Å². The maximum atomic E-state index is 11.9. The van der Waals surface area contributed by atoms with Crippen molar-refractivity contribution >= 4 is 5.78 Å². The van der Waals surface area contributed by atoms with Crippen molar-refractivity contribution in [2.45, 2.75) is 46.8 Å². The second-order valence-corrected chi connectivity index (χ2v) is 4.56. The maximum Gasteiger partial charge on any atom is 0.161 e. The van der Waals surface area contributed by atoms with Crippen LogP contribution in [0.1, 0.15) is 34.6 Å². The molecule has 80 valence electrons. The Morgan fingerprint density at radius 2 is 1.71 bits per heavy atom. The van der Waals surface area contributed by atoms with E-state index in [0.717, 1.165) is 5.57 Å². The minimum atomic E-state index is 0.0416. The second kappa shape index (κ2) is 4.26. The van der Waals surface area contributed by atoms with Crippen molar-refractivity contribution in [3.8, 4) is 0 Å². The number of ketones is 1. The average Bonchev–Trinajstić information content (AvgIpc) is 2.25. The summed E-state index contributed by atoms with van der Waals surface area (Å²) in [5.74, 6) is 0.586. The normalized spacial score (nSPS) is 36.9. The van der Waals surface area contributed by atoms with Gasteiger partial charge in [0.05, 0.1) is 18.1 Å². The van der Waals surface area contributed by atoms with Crippen molar-refractivity contribution < 1.29 is 9.53 Å². The first-order valence-corrected chi connectivity index (χ1v) is 5.27. The average molecular weight is 196 g/mol. The maximum absolute atomic E-state index is 11.9. The van der Waals surface area contributed by atoms with Gasteiger partial charge in [-0.05, 0) is 39.7 Å². The van der Waals surface area contributed by atoms with E-state index in [4.69, 9.17) is 4.74 Å². The van der Waals surface area contributed by atoms with Crippen LogP contribution in [0.15, 0.2) is 11.6 Å². The molecule has 2 heteroatoms. The topological polar surface area (TPSA) is 26.3 Å². The van der Waals surface area contributed by atoms with E-state index in [1.54, 1.807) is 6.08 Å². The first kappa shape index (κ1) is 11.4. The van der Waals surface area contributed by atoms with Crippen LogP contribution >= 0.6 is 0 Å². The lowest BCUT2D eigenvalue weighted by Gasteiger charge is -2.14. The molecule has 14 heavy (non-hydrogen) atoms. The third-order valence-electron chi connectivity index (χ3n) is 3.00. The molecule has 1 rings (SSSR count). The van der Waals surface area contributed by atoms with Gasteiger partial charge in [0.2, 0.25) is 0 Å². The Morgan fingerprint density at radius 1 is 1.14 bits per heavy atom. The van der Waals surface area contributed by atoms with Crippen LogP contribution in [0.2, 0.25) is 0 Å². The molecule has 4 atom stereocenters. The lowest BCUT2D eigenvalue weighted by atomic mass is 9.85. The summed E-state index contributed by atoms with van der Waals surface area (Å²) in [4.78, 5) is 11.9. The highest BCUT2D eigenvalue weighted by Crippen LogP contribution is 2.33. The van der Waals surface area contributed by atoms with Crippen LogP contribution < -0.4 is 0 Å². The van der Waals surface area contributed by atoms with Crippen molar-refractivity contribution in [1.29, 1.82) is 0 Å². The highest BCUT2D eigenvalue weighted by Gasteiger charge is 2.40. The molecule has 0 bridgehead atoms. The lowest BCUT2D eigenvalue weighted by Crippen LogP contribution is -2.25. The van der Waals surface area contributed by atoms with Gasteiger partial charge in [-0.2, -0.15) is 0 Å². The van der Waals surface area contributed by atoms with Gasteiger partial charge in [-0.15, -0.1) is 0 Å². The summed E-state index contributed by atoms with van der Waals surface area (Å²) in [6.07, 6.45) is 1.99. The molecule has 1 aliphatic heterocycles. The summed E-state index contributed by atoms with van der Waals surface area (Å²) in [5.41, 5.74) is 1.06. The minimum Gasteiger partial charge on any atom is -0.374 e. The third-order valence-corrected chi connectivity index (χ3v) is 3.00. The predicted octanol–water partition coefficient (Wildman–Crippen LogP) is 2.58. The molecule has 1 fully saturated rings. The van der Waals surface area contributed by atoms with Gasteiger partial charge in [0, 0.05) is 0 Å². The largest absolute Gasteiger partial charge is 0.374 e. The zero-order valence-corrected chi connectivity index (χ0v) is 9.70. The molecule has 0 saturated carbocycles. The first-order chi connectivity index (χ1) is 6.43. The number of hydrogen-bond acceptors (Lipinski definition) is 2. The molecule has 1 saturated heterocycles. The van der Waals surface area contributed by atoms with E-state index in [2.05, 4.69) is 6.92 Å². The molecule has 0 aromatic heterocycles. The standard InChI is InChI=1S/C12H20O2/c1-7(2)6-11(13)12-8(3)9(4)14-10(12)5/h6,8-10,12H,1-5H3. The number of carbonyl (C=O) groups excluding carboxylic acids is 1. The summed E-state index contributed by atoms with van der Waals surface area (Å²) < 4.78 is 5.64. The number of carbonyl (C=O) groups is 1. The molecular formula is C12H20O2. The van der Waals surface area contributed by atoms with Gasteiger partial charge < -0.3 is 4.74 Å². The van der Waals surface area contributed by atoms with Gasteiger partial charge in [0.25, 0.3) is 0 Å². The molecule has 0 N–H and O–H groups in total. The fraction of sp³-hybridized carbons (Fsp3) is 0.750. The van der Waals surface area contributed by atoms with Crippen LogP contribution in [0, 0.1) is 11.8 Å². The van der Waals surface area contributed by atoms with E-state index in [9.17, 15) is 4.79 Å². The Bertz CT molecular complexity index is 251. The van der Waals surface area contributed by atoms with E-state index in [-0.39, 0.29) is 23.9 Å². The molecule has 1 heterocycles. The monoisotopic (exact) mass is 196 g/mol. The van der Waals surface area contributed by atoms with Crippen LogP contribution in [0.3, 0.4) is 0 Å². The van der Waals surface area contributed by atoms with Crippen molar-refractivity contribution in [3.05, 3.63) is 11.6 Å². The molecule has 0 aromatic carbocycles. The SMILES string of the molecule is CC(C)=CC(=O)C1C(C)OC(C)C1C. The summed E-state index contributed by atoms with van der Waals surface area (Å²) in [6, 6.07) is 0. The van der Waals surface area contributed by atoms with E-state index >= 15 is 0 Å². The Hall–Kier alpha value is -0.630. The second-order valence-electron chi connectivity index (χ2n) is 4.56. The Kier molecular flexibility index (Phi) is 3.48. The van der Waals surface area contributed by atoms with Gasteiger partial charge in [-0.3, -0.25) is 4.79 Å². The number of rotatable bonds is 2. The lowest BCUT2D eigenvalue weighted by molar-refractivity contribution is -0.120. The van der Waals surface area contributed by atoms with Gasteiger partial charge in [0.15, 0.2) is 5.78 Å². The fourth-order valence-electron chi connectivity index (χ4n) is 2.14. The van der Waals surface area contributed by atoms with E-state index < -0.39 is 0 Å². The quantitative estimate of drug-likeness (QED) is 0.634. The van der Waals surface area contributed by atoms with E-state index in [0.29, 0.717) is 5.92 Å². The summed E-state index contributed by atoms with van der Waals surface area (Å²) in [5, 5.41) is 0. The molecule has 0 spiro atoms. The third kappa shape index (κ3) is 2.24. The van der Waals surface area contributed by atoms with E-state index in [1.165, 1.54) is 0 Å². The summed E-state index contributed by atoms with van der Waals surface area (Å²) in [7, 11) is 0. The van der Waals surface area contributed by atoms with Crippen LogP contribution in [0.25, 0.3) is 0 Å². The molecule has 0 radical (unpaired) electrons. The zero-order valence-electron chi connectivity index (χ0n) is 9.70. The van der Waals surface area contributed by atoms with Crippen LogP contribution in [0.4, 0.5) is 0 Å². The number of ether oxygens (including phenoxy) is 1. The molecule has 0 aromatic rings. The van der Waals surface area contributed by atoms with Crippen LogP contribution in [0.5, 0.6) is 0 Å². The number of allylic oxidation sites excluding steroid dienone is 2. The molecule has 0 amide bonds. The summed E-state index contributed by atoms with van der Waals surface area (Å²) >= 11 is 0. The van der Waals surface area contributed by atoms with Crippen molar-refractivity contribution in [2.75, 3.05) is 0 Å². The Labute approximate surface area is 86.3 Å². The van der Waals surface area contributed by atoms with Gasteiger partial charge in [-0.25, -0.2) is 0 Å². The Morgan fingerprint density at radius 3 is 2.07 bits per heavy atom. The van der Waals surface area contributed by atoms with Gasteiger partial charge >= 0.3 is 0 Å². The number of hydrogen-bond donors (Lipinski definition) is 0. The molecule has 4 unspecified atom stereocenters. The highest BCUT2D eigenvalue weighted by molar-refractivity contribution is 5.93. The smallest absolute Gasteiger partial charge is 0.161 e. The van der Waals surface area contributed by atoms with Gasteiger partial charge in [-0.1, -0.05) is 12.5 Å². The van der Waals surface area contributed by atoms with Crippen molar-refractivity contribution in [1.82, 2.24) is 0 Å². The van der Waals surface area contributed by atoms with Crippen molar-refractivity contribution in [3.63, 3.8) is 0 Å². The van der Waals surface area contributed by atoms with Crippen LogP contribution in [-0.2, 0) is 9.53 Å². The first-order valence-electron chi connectivity index (χ1n) is 5.27. The summed E-state index contributed by atoms with van der Waals surface area (Å²) in [6.45, 7) is 10.0. The van der Waals surface area contributed by atoms with Crippen molar-refractivity contribution in [2.24, 2.45) is 11.8 Å². The zero-order chi connectivity index (χ0) is 10.9. The molecule has 2 nitrogen and oxygen atoms in total. The molecule has 0 aliphatic carbocycles. The highest BCUT2D eigenvalue weighted by atomic mass is 16.5.